The van der Waals surface area contributed by atoms with E-state index in [9.17, 15) is 19.5 Å². The van der Waals surface area contributed by atoms with Gasteiger partial charge in [-0.05, 0) is 48.2 Å². The van der Waals surface area contributed by atoms with Gasteiger partial charge in [0.15, 0.2) is 0 Å². The number of aliphatic carboxylic acids is 1. The van der Waals surface area contributed by atoms with Crippen molar-refractivity contribution in [2.45, 2.75) is 25.2 Å². The van der Waals surface area contributed by atoms with Crippen molar-refractivity contribution in [2.24, 2.45) is 0 Å². The molecule has 0 amide bonds. The van der Waals surface area contributed by atoms with Crippen LogP contribution in [0.15, 0.2) is 48.5 Å². The van der Waals surface area contributed by atoms with Crippen LogP contribution < -0.4 is 14.6 Å². The van der Waals surface area contributed by atoms with E-state index in [1.54, 1.807) is 24.3 Å². The number of carboxylic acid groups (broad SMARTS) is 1. The molecule has 0 aliphatic rings. The first-order chi connectivity index (χ1) is 13.8. The van der Waals surface area contributed by atoms with Crippen molar-refractivity contribution in [3.63, 3.8) is 0 Å². The third-order valence-electron chi connectivity index (χ3n) is 4.49. The lowest BCUT2D eigenvalue weighted by Gasteiger charge is -2.31. The van der Waals surface area contributed by atoms with Crippen molar-refractivity contribution in [1.29, 1.82) is 0 Å². The first-order valence-corrected chi connectivity index (χ1v) is 11.8. The average Bonchev–Trinajstić information content (AvgIpc) is 2.72. The number of halogens is 2. The largest absolute Gasteiger partial charge is 0.550 e. The van der Waals surface area contributed by atoms with Crippen molar-refractivity contribution in [1.82, 2.24) is 0 Å². The summed E-state index contributed by atoms with van der Waals surface area (Å²) in [7, 11) is 0. The molecule has 8 heteroatoms. The van der Waals surface area contributed by atoms with E-state index in [4.69, 9.17) is 9.47 Å². The maximum atomic E-state index is 11.5. The van der Waals surface area contributed by atoms with Crippen LogP contribution in [0.2, 0.25) is 0 Å². The highest BCUT2D eigenvalue weighted by Crippen LogP contribution is 2.37. The molecule has 154 valence electrons. The van der Waals surface area contributed by atoms with E-state index < -0.39 is 11.4 Å². The summed E-state index contributed by atoms with van der Waals surface area (Å²) in [6.45, 7) is 1.94. The number of hydrogen-bond acceptors (Lipinski definition) is 6. The van der Waals surface area contributed by atoms with Gasteiger partial charge in [0.05, 0.1) is 8.86 Å². The molecule has 2 aromatic rings. The van der Waals surface area contributed by atoms with Crippen LogP contribution in [0.25, 0.3) is 0 Å². The Labute approximate surface area is 196 Å². The van der Waals surface area contributed by atoms with Crippen LogP contribution in [-0.2, 0) is 19.8 Å². The lowest BCUT2D eigenvalue weighted by atomic mass is 9.73. The highest BCUT2D eigenvalue weighted by molar-refractivity contribution is 14.1. The van der Waals surface area contributed by atoms with E-state index in [-0.39, 0.29) is 27.2 Å². The number of carbonyl (C=O) groups is 3. The van der Waals surface area contributed by atoms with E-state index >= 15 is 0 Å². The predicted molar refractivity (Wildman–Crippen MR) is 123 cm³/mol. The molecular weight excluding hydrogens is 602 g/mol. The second-order valence-electron chi connectivity index (χ2n) is 6.47. The maximum absolute atomic E-state index is 11.5. The molecule has 0 fully saturated rings. The molecule has 29 heavy (non-hydrogen) atoms. The fourth-order valence-corrected chi connectivity index (χ4v) is 3.22. The molecule has 2 rings (SSSR count). The molecule has 0 heterocycles. The molecule has 0 saturated heterocycles. The van der Waals surface area contributed by atoms with Crippen LogP contribution in [0.5, 0.6) is 11.5 Å². The lowest BCUT2D eigenvalue weighted by Crippen LogP contribution is -2.29. The summed E-state index contributed by atoms with van der Waals surface area (Å²) in [4.78, 5) is 34.0. The van der Waals surface area contributed by atoms with E-state index in [1.165, 1.54) is 0 Å². The first-order valence-electron chi connectivity index (χ1n) is 8.72. The zero-order valence-electron chi connectivity index (χ0n) is 15.7. The smallest absolute Gasteiger partial charge is 0.321 e. The Bertz CT molecular complexity index is 800. The molecule has 6 nitrogen and oxygen atoms in total. The van der Waals surface area contributed by atoms with Crippen LogP contribution in [0.3, 0.4) is 0 Å². The summed E-state index contributed by atoms with van der Waals surface area (Å²) < 4.78 is 10.9. The number of benzene rings is 2. The van der Waals surface area contributed by atoms with Gasteiger partial charge in [0.2, 0.25) is 0 Å². The summed E-state index contributed by atoms with van der Waals surface area (Å²) in [5, 5.41) is 11.1. The summed E-state index contributed by atoms with van der Waals surface area (Å²) in [6.07, 6.45) is 0.197. The Morgan fingerprint density at radius 3 is 1.52 bits per heavy atom. The molecule has 0 aliphatic heterocycles. The van der Waals surface area contributed by atoms with E-state index in [1.807, 2.05) is 76.4 Å². The van der Waals surface area contributed by atoms with Gasteiger partial charge in [0.25, 0.3) is 0 Å². The number of carbonyl (C=O) groups excluding carboxylic acids is 3. The average molecular weight is 621 g/mol. The lowest BCUT2D eigenvalue weighted by molar-refractivity contribution is -0.306. The Kier molecular flexibility index (Phi) is 8.87. The highest BCUT2D eigenvalue weighted by Gasteiger charge is 2.29. The van der Waals surface area contributed by atoms with Crippen LogP contribution >= 0.6 is 45.2 Å². The minimum absolute atomic E-state index is 0.117. The minimum Gasteiger partial charge on any atom is -0.550 e. The molecule has 0 spiro atoms. The molecule has 0 N–H and O–H groups in total. The maximum Gasteiger partial charge on any atom is 0.321 e. The Morgan fingerprint density at radius 1 is 0.828 bits per heavy atom. The number of esters is 2. The molecule has 0 unspecified atom stereocenters. The summed E-state index contributed by atoms with van der Waals surface area (Å²) in [5.74, 6) is -0.946. The number of ether oxygens (including phenoxy) is 2. The second kappa shape index (κ2) is 10.9. The van der Waals surface area contributed by atoms with Gasteiger partial charge in [-0.25, -0.2) is 0 Å². The van der Waals surface area contributed by atoms with Gasteiger partial charge in [-0.2, -0.15) is 0 Å². The third kappa shape index (κ3) is 6.66. The van der Waals surface area contributed by atoms with Gasteiger partial charge in [-0.3, -0.25) is 9.59 Å². The van der Waals surface area contributed by atoms with Crippen LogP contribution in [0.1, 0.15) is 30.9 Å². The third-order valence-corrected chi connectivity index (χ3v) is 5.74. The monoisotopic (exact) mass is 621 g/mol. The molecule has 0 saturated carbocycles. The summed E-state index contributed by atoms with van der Waals surface area (Å²) >= 11 is 3.86. The number of hydrogen-bond donors (Lipinski definition) is 0. The standard InChI is InChI=1S/C21H20I2O6/c1-21(11-10-18(24)25,14-2-6-16(7-3-14)28-19(26)12-22)15-4-8-17(9-5-15)29-20(27)13-23/h2-9H,10-13H2,1H3,(H,24,25)/p-1. The van der Waals surface area contributed by atoms with Crippen molar-refractivity contribution in [3.05, 3.63) is 59.7 Å². The second-order valence-corrected chi connectivity index (χ2v) is 7.99. The van der Waals surface area contributed by atoms with Crippen molar-refractivity contribution in [2.75, 3.05) is 8.86 Å². The fraction of sp³-hybridized carbons (Fsp3) is 0.286. The molecular formula is C21H19I2O6-. The highest BCUT2D eigenvalue weighted by atomic mass is 127. The predicted octanol–water partition coefficient (Wildman–Crippen LogP) is 3.20. The topological polar surface area (TPSA) is 92.7 Å². The van der Waals surface area contributed by atoms with Gasteiger partial charge in [-0.1, -0.05) is 76.4 Å². The molecule has 2 aromatic carbocycles. The molecule has 0 atom stereocenters. The van der Waals surface area contributed by atoms with E-state index in [0.717, 1.165) is 11.1 Å². The van der Waals surface area contributed by atoms with Crippen molar-refractivity contribution >= 4 is 63.1 Å². The van der Waals surface area contributed by atoms with Gasteiger partial charge >= 0.3 is 11.9 Å². The van der Waals surface area contributed by atoms with Crippen LogP contribution in [0.4, 0.5) is 0 Å². The van der Waals surface area contributed by atoms with Gasteiger partial charge < -0.3 is 19.4 Å². The Balaban J connectivity index is 2.33. The van der Waals surface area contributed by atoms with Gasteiger partial charge in [0, 0.05) is 11.4 Å². The van der Waals surface area contributed by atoms with Crippen molar-refractivity contribution < 1.29 is 29.0 Å². The SMILES string of the molecule is CC(CCC(=O)[O-])(c1ccc(OC(=O)CI)cc1)c1ccc(OC(=O)CI)cc1. The van der Waals surface area contributed by atoms with Crippen molar-refractivity contribution in [3.8, 4) is 11.5 Å². The van der Waals surface area contributed by atoms with Gasteiger partial charge in [0.1, 0.15) is 11.5 Å². The zero-order chi connectivity index (χ0) is 21.4. The molecule has 0 radical (unpaired) electrons. The van der Waals surface area contributed by atoms with Crippen LogP contribution in [-0.4, -0.2) is 26.8 Å². The molecule has 0 aromatic heterocycles. The number of alkyl halides is 2. The fourth-order valence-electron chi connectivity index (χ4n) is 2.91. The number of rotatable bonds is 9. The Hall–Kier alpha value is -1.69. The quantitative estimate of drug-likeness (QED) is 0.185. The van der Waals surface area contributed by atoms with Crippen LogP contribution in [0, 0.1) is 0 Å². The number of carboxylic acids is 1. The zero-order valence-corrected chi connectivity index (χ0v) is 20.0. The van der Waals surface area contributed by atoms with Gasteiger partial charge in [-0.15, -0.1) is 0 Å². The Morgan fingerprint density at radius 2 is 1.21 bits per heavy atom. The normalized spacial score (nSPS) is 11.0. The minimum atomic E-state index is -1.13. The summed E-state index contributed by atoms with van der Waals surface area (Å²) in [6, 6.07) is 14.0. The van der Waals surface area contributed by atoms with E-state index in [0.29, 0.717) is 17.9 Å². The summed E-state index contributed by atoms with van der Waals surface area (Å²) in [5.41, 5.74) is 1.10. The first kappa shape index (κ1) is 23.6. The molecule has 0 aliphatic carbocycles. The van der Waals surface area contributed by atoms with E-state index in [2.05, 4.69) is 0 Å². The molecule has 0 bridgehead atoms.